The molecule has 17 heavy (non-hydrogen) atoms. The first-order chi connectivity index (χ1) is 8.17. The van der Waals surface area contributed by atoms with Gasteiger partial charge in [-0.3, -0.25) is 0 Å². The second-order valence-corrected chi connectivity index (χ2v) is 4.48. The maximum Gasteiger partial charge on any atom is 0.0681 e. The summed E-state index contributed by atoms with van der Waals surface area (Å²) in [6, 6.07) is 8.06. The van der Waals surface area contributed by atoms with Crippen LogP contribution in [0.5, 0.6) is 0 Å². The standard InChI is InChI=1S/C14H23NO2/c1-3-5-14(17)9-15-11(2)13-7-4-6-12(8-13)10-16/h4,6-8,11,14-17H,3,5,9-10H2,1-2H3. The SMILES string of the molecule is CCCC(O)CNC(C)c1cccc(CO)c1. The Morgan fingerprint density at radius 2 is 2.12 bits per heavy atom. The van der Waals surface area contributed by atoms with E-state index in [9.17, 15) is 5.11 Å². The monoisotopic (exact) mass is 237 g/mol. The number of aliphatic hydroxyl groups excluding tert-OH is 2. The van der Waals surface area contributed by atoms with Gasteiger partial charge >= 0.3 is 0 Å². The Morgan fingerprint density at radius 1 is 1.35 bits per heavy atom. The van der Waals surface area contributed by atoms with Crippen molar-refractivity contribution in [1.82, 2.24) is 5.32 Å². The van der Waals surface area contributed by atoms with Crippen molar-refractivity contribution in [3.05, 3.63) is 35.4 Å². The highest BCUT2D eigenvalue weighted by molar-refractivity contribution is 5.25. The smallest absolute Gasteiger partial charge is 0.0681 e. The molecule has 0 aliphatic rings. The third-order valence-corrected chi connectivity index (χ3v) is 2.92. The Morgan fingerprint density at radius 3 is 2.76 bits per heavy atom. The van der Waals surface area contributed by atoms with Crippen LogP contribution in [-0.2, 0) is 6.61 Å². The number of aliphatic hydroxyl groups is 2. The zero-order valence-corrected chi connectivity index (χ0v) is 10.7. The molecular weight excluding hydrogens is 214 g/mol. The molecule has 1 rings (SSSR count). The summed E-state index contributed by atoms with van der Waals surface area (Å²) in [5.74, 6) is 0. The molecule has 0 radical (unpaired) electrons. The molecule has 0 aromatic heterocycles. The molecule has 3 heteroatoms. The number of rotatable bonds is 7. The maximum atomic E-state index is 9.64. The summed E-state index contributed by atoms with van der Waals surface area (Å²) in [6.07, 6.45) is 1.55. The van der Waals surface area contributed by atoms with E-state index >= 15 is 0 Å². The van der Waals surface area contributed by atoms with E-state index in [1.165, 1.54) is 0 Å². The summed E-state index contributed by atoms with van der Waals surface area (Å²) >= 11 is 0. The van der Waals surface area contributed by atoms with E-state index in [0.29, 0.717) is 6.54 Å². The predicted molar refractivity (Wildman–Crippen MR) is 69.7 cm³/mol. The molecule has 1 aromatic carbocycles. The van der Waals surface area contributed by atoms with Gasteiger partial charge in [-0.25, -0.2) is 0 Å². The minimum atomic E-state index is -0.275. The third-order valence-electron chi connectivity index (χ3n) is 2.92. The summed E-state index contributed by atoms with van der Waals surface area (Å²) in [5, 5.41) is 22.0. The molecule has 0 aliphatic carbocycles. The summed E-state index contributed by atoms with van der Waals surface area (Å²) in [6.45, 7) is 4.81. The van der Waals surface area contributed by atoms with E-state index in [2.05, 4.69) is 19.2 Å². The van der Waals surface area contributed by atoms with Gasteiger partial charge in [-0.05, 0) is 24.5 Å². The predicted octanol–water partition coefficient (Wildman–Crippen LogP) is 1.99. The lowest BCUT2D eigenvalue weighted by Gasteiger charge is -2.17. The molecule has 0 heterocycles. The van der Waals surface area contributed by atoms with Crippen molar-refractivity contribution >= 4 is 0 Å². The van der Waals surface area contributed by atoms with Gasteiger partial charge in [-0.15, -0.1) is 0 Å². The summed E-state index contributed by atoms with van der Waals surface area (Å²) in [5.41, 5.74) is 2.06. The molecule has 0 saturated heterocycles. The third kappa shape index (κ3) is 4.86. The van der Waals surface area contributed by atoms with E-state index in [1.807, 2.05) is 24.3 Å². The zero-order valence-electron chi connectivity index (χ0n) is 10.7. The average molecular weight is 237 g/mol. The average Bonchev–Trinajstić information content (AvgIpc) is 2.36. The minimum absolute atomic E-state index is 0.0685. The van der Waals surface area contributed by atoms with E-state index < -0.39 is 0 Å². The molecule has 2 unspecified atom stereocenters. The van der Waals surface area contributed by atoms with Crippen molar-refractivity contribution < 1.29 is 10.2 Å². The van der Waals surface area contributed by atoms with Gasteiger partial charge in [0.2, 0.25) is 0 Å². The van der Waals surface area contributed by atoms with Gasteiger partial charge in [0.25, 0.3) is 0 Å². The Kier molecular flexibility index (Phi) is 6.19. The highest BCUT2D eigenvalue weighted by atomic mass is 16.3. The lowest BCUT2D eigenvalue weighted by molar-refractivity contribution is 0.157. The molecular formula is C14H23NO2. The Bertz CT molecular complexity index is 328. The number of nitrogens with one attached hydrogen (secondary N) is 1. The summed E-state index contributed by atoms with van der Waals surface area (Å²) < 4.78 is 0. The van der Waals surface area contributed by atoms with Crippen molar-refractivity contribution in [3.63, 3.8) is 0 Å². The Labute approximate surface area is 103 Å². The van der Waals surface area contributed by atoms with Crippen LogP contribution in [0.25, 0.3) is 0 Å². The molecule has 0 saturated carbocycles. The fraction of sp³-hybridized carbons (Fsp3) is 0.571. The molecule has 2 atom stereocenters. The first kappa shape index (κ1) is 14.2. The van der Waals surface area contributed by atoms with Crippen LogP contribution in [0.15, 0.2) is 24.3 Å². The lowest BCUT2D eigenvalue weighted by Crippen LogP contribution is -2.29. The number of hydrogen-bond acceptors (Lipinski definition) is 3. The van der Waals surface area contributed by atoms with Crippen molar-refractivity contribution in [2.75, 3.05) is 6.54 Å². The molecule has 0 amide bonds. The molecule has 0 spiro atoms. The van der Waals surface area contributed by atoms with Crippen LogP contribution in [-0.4, -0.2) is 22.9 Å². The molecule has 3 nitrogen and oxygen atoms in total. The lowest BCUT2D eigenvalue weighted by atomic mass is 10.1. The molecule has 3 N–H and O–H groups in total. The Balaban J connectivity index is 2.48. The van der Waals surface area contributed by atoms with Crippen molar-refractivity contribution in [1.29, 1.82) is 0 Å². The van der Waals surface area contributed by atoms with Crippen molar-refractivity contribution in [2.45, 2.75) is 45.4 Å². The highest BCUT2D eigenvalue weighted by Gasteiger charge is 2.08. The first-order valence-electron chi connectivity index (χ1n) is 6.28. The number of benzene rings is 1. The van der Waals surface area contributed by atoms with Gasteiger partial charge in [0.15, 0.2) is 0 Å². The first-order valence-corrected chi connectivity index (χ1v) is 6.28. The second-order valence-electron chi connectivity index (χ2n) is 4.48. The van der Waals surface area contributed by atoms with Crippen molar-refractivity contribution in [3.8, 4) is 0 Å². The van der Waals surface area contributed by atoms with Crippen LogP contribution in [0, 0.1) is 0 Å². The Hall–Kier alpha value is -0.900. The quantitative estimate of drug-likeness (QED) is 0.680. The van der Waals surface area contributed by atoms with Crippen LogP contribution in [0.1, 0.15) is 43.9 Å². The van der Waals surface area contributed by atoms with Gasteiger partial charge in [0.1, 0.15) is 0 Å². The highest BCUT2D eigenvalue weighted by Crippen LogP contribution is 2.14. The summed E-state index contributed by atoms with van der Waals surface area (Å²) in [7, 11) is 0. The molecule has 0 fully saturated rings. The molecule has 1 aromatic rings. The van der Waals surface area contributed by atoms with E-state index in [0.717, 1.165) is 24.0 Å². The minimum Gasteiger partial charge on any atom is -0.392 e. The maximum absolute atomic E-state index is 9.64. The normalized spacial score (nSPS) is 14.6. The van der Waals surface area contributed by atoms with E-state index in [-0.39, 0.29) is 18.8 Å². The van der Waals surface area contributed by atoms with Gasteiger partial charge in [0.05, 0.1) is 12.7 Å². The van der Waals surface area contributed by atoms with Crippen LogP contribution >= 0.6 is 0 Å². The van der Waals surface area contributed by atoms with E-state index in [1.54, 1.807) is 0 Å². The molecule has 0 bridgehead atoms. The second kappa shape index (κ2) is 7.43. The molecule has 0 aliphatic heterocycles. The fourth-order valence-electron chi connectivity index (χ4n) is 1.83. The van der Waals surface area contributed by atoms with Crippen LogP contribution in [0.3, 0.4) is 0 Å². The van der Waals surface area contributed by atoms with Gasteiger partial charge in [-0.2, -0.15) is 0 Å². The van der Waals surface area contributed by atoms with Crippen LogP contribution < -0.4 is 5.32 Å². The zero-order chi connectivity index (χ0) is 12.7. The van der Waals surface area contributed by atoms with Gasteiger partial charge in [-0.1, -0.05) is 37.6 Å². The fourth-order valence-corrected chi connectivity index (χ4v) is 1.83. The van der Waals surface area contributed by atoms with Gasteiger partial charge < -0.3 is 15.5 Å². The van der Waals surface area contributed by atoms with Crippen LogP contribution in [0.4, 0.5) is 0 Å². The van der Waals surface area contributed by atoms with Crippen LogP contribution in [0.2, 0.25) is 0 Å². The molecule has 96 valence electrons. The van der Waals surface area contributed by atoms with Gasteiger partial charge in [0, 0.05) is 12.6 Å². The topological polar surface area (TPSA) is 52.5 Å². The largest absolute Gasteiger partial charge is 0.392 e. The van der Waals surface area contributed by atoms with E-state index in [4.69, 9.17) is 5.11 Å². The summed E-state index contributed by atoms with van der Waals surface area (Å²) in [4.78, 5) is 0. The van der Waals surface area contributed by atoms with Crippen molar-refractivity contribution in [2.24, 2.45) is 0 Å². The number of hydrogen-bond donors (Lipinski definition) is 3.